The lowest BCUT2D eigenvalue weighted by Crippen LogP contribution is -2.37. The smallest absolute Gasteiger partial charge is 0.335 e. The number of carbonyl (C=O) groups is 1. The Kier molecular flexibility index (Phi) is 2.75. The molecule has 4 aliphatic rings. The minimum atomic E-state index is -0.00849. The largest absolute Gasteiger partial charge is 0.454 e. The van der Waals surface area contributed by atoms with Gasteiger partial charge >= 0.3 is 5.97 Å². The van der Waals surface area contributed by atoms with Crippen LogP contribution < -0.4 is 0 Å². The molecule has 0 aromatic heterocycles. The van der Waals surface area contributed by atoms with Gasteiger partial charge in [0.05, 0.1) is 0 Å². The average Bonchev–Trinajstić information content (AvgIpc) is 2.87. The van der Waals surface area contributed by atoms with Gasteiger partial charge in [0, 0.05) is 11.0 Å². The Balaban J connectivity index is 1.88. The Hall–Kier alpha value is -1.05. The van der Waals surface area contributed by atoms with E-state index in [1.807, 2.05) is 0 Å². The molecule has 0 unspecified atom stereocenters. The molecule has 21 heavy (non-hydrogen) atoms. The molecule has 6 atom stereocenters. The second-order valence-electron chi connectivity index (χ2n) is 8.25. The fraction of sp³-hybridized carbons (Fsp3) is 0.737. The first-order valence-corrected chi connectivity index (χ1v) is 8.54. The Morgan fingerprint density at radius 1 is 1.29 bits per heavy atom. The van der Waals surface area contributed by atoms with Crippen molar-refractivity contribution in [1.82, 2.24) is 0 Å². The molecule has 4 rings (SSSR count). The van der Waals surface area contributed by atoms with Crippen molar-refractivity contribution in [3.8, 4) is 0 Å². The van der Waals surface area contributed by atoms with E-state index in [1.54, 1.807) is 0 Å². The highest BCUT2D eigenvalue weighted by Crippen LogP contribution is 2.59. The van der Waals surface area contributed by atoms with Gasteiger partial charge in [0.2, 0.25) is 0 Å². The first kappa shape index (κ1) is 13.6. The van der Waals surface area contributed by atoms with Crippen LogP contribution in [0.4, 0.5) is 0 Å². The number of ether oxygens (including phenoxy) is 1. The topological polar surface area (TPSA) is 26.3 Å². The first-order chi connectivity index (χ1) is 9.91. The minimum Gasteiger partial charge on any atom is -0.454 e. The van der Waals surface area contributed by atoms with Gasteiger partial charge in [-0.3, -0.25) is 0 Å². The zero-order chi connectivity index (χ0) is 14.9. The Morgan fingerprint density at radius 2 is 2.05 bits per heavy atom. The maximum atomic E-state index is 12.5. The number of esters is 1. The quantitative estimate of drug-likeness (QED) is 0.491. The molecule has 3 aliphatic carbocycles. The van der Waals surface area contributed by atoms with Crippen molar-refractivity contribution in [3.05, 3.63) is 22.8 Å². The summed E-state index contributed by atoms with van der Waals surface area (Å²) in [7, 11) is 0. The molecule has 2 nitrogen and oxygen atoms in total. The van der Waals surface area contributed by atoms with Gasteiger partial charge < -0.3 is 4.74 Å². The van der Waals surface area contributed by atoms with Crippen LogP contribution in [0.25, 0.3) is 0 Å². The third-order valence-electron chi connectivity index (χ3n) is 6.75. The molecule has 0 aromatic rings. The van der Waals surface area contributed by atoms with Gasteiger partial charge in [0.15, 0.2) is 0 Å². The second kappa shape index (κ2) is 4.24. The standard InChI is InChI=1S/C19H26O2/c1-10-7-13-8-12(3)14-6-5-11(2)15-16(14)17(21-18(15)20)19(13,4)9-10/h7,11-14,17H,5-6,8-9H2,1-4H3/t11-,12-,13-,14+,17+,19-/m0/s1. The third-order valence-corrected chi connectivity index (χ3v) is 6.75. The molecular formula is C19H26O2. The van der Waals surface area contributed by atoms with Gasteiger partial charge in [-0.25, -0.2) is 4.79 Å². The van der Waals surface area contributed by atoms with Crippen molar-refractivity contribution in [2.45, 2.75) is 59.5 Å². The van der Waals surface area contributed by atoms with E-state index in [0.717, 1.165) is 18.4 Å². The normalized spacial score (nSPS) is 48.5. The predicted molar refractivity (Wildman–Crippen MR) is 82.5 cm³/mol. The monoisotopic (exact) mass is 286 g/mol. The van der Waals surface area contributed by atoms with Crippen molar-refractivity contribution >= 4 is 5.97 Å². The highest BCUT2D eigenvalue weighted by molar-refractivity contribution is 5.93. The minimum absolute atomic E-state index is 0.00849. The number of fused-ring (bicyclic) bond motifs is 2. The van der Waals surface area contributed by atoms with Gasteiger partial charge in [-0.2, -0.15) is 0 Å². The van der Waals surface area contributed by atoms with Crippen LogP contribution in [0.15, 0.2) is 22.8 Å². The van der Waals surface area contributed by atoms with E-state index in [0.29, 0.717) is 23.7 Å². The number of allylic oxidation sites excluding steroid dienone is 2. The maximum absolute atomic E-state index is 12.5. The number of rotatable bonds is 0. The summed E-state index contributed by atoms with van der Waals surface area (Å²) >= 11 is 0. The highest BCUT2D eigenvalue weighted by Gasteiger charge is 2.57. The molecule has 114 valence electrons. The summed E-state index contributed by atoms with van der Waals surface area (Å²) in [5.41, 5.74) is 4.02. The van der Waals surface area contributed by atoms with E-state index < -0.39 is 0 Å². The summed E-state index contributed by atoms with van der Waals surface area (Å²) < 4.78 is 6.00. The zero-order valence-corrected chi connectivity index (χ0v) is 13.6. The SMILES string of the molecule is CC1=C[C@H]2C[C@H](C)[C@H]3CC[C@H](C)C4=C3[C@@H](OC4=O)[C@@]2(C)C1. The van der Waals surface area contributed by atoms with Crippen LogP contribution in [-0.4, -0.2) is 12.1 Å². The molecular weight excluding hydrogens is 260 g/mol. The summed E-state index contributed by atoms with van der Waals surface area (Å²) in [4.78, 5) is 12.5. The lowest BCUT2D eigenvalue weighted by molar-refractivity contribution is -0.145. The summed E-state index contributed by atoms with van der Waals surface area (Å²) in [6, 6.07) is 0. The van der Waals surface area contributed by atoms with Crippen molar-refractivity contribution in [2.75, 3.05) is 0 Å². The first-order valence-electron chi connectivity index (χ1n) is 8.54. The molecule has 0 amide bonds. The van der Waals surface area contributed by atoms with Crippen LogP contribution in [0, 0.1) is 29.1 Å². The van der Waals surface area contributed by atoms with Crippen molar-refractivity contribution < 1.29 is 9.53 Å². The molecule has 0 bridgehead atoms. The average molecular weight is 286 g/mol. The summed E-state index contributed by atoms with van der Waals surface area (Å²) in [6.07, 6.45) is 7.21. The molecule has 2 heteroatoms. The van der Waals surface area contributed by atoms with Gasteiger partial charge in [0.1, 0.15) is 6.10 Å². The number of hydrogen-bond donors (Lipinski definition) is 0. The van der Waals surface area contributed by atoms with Gasteiger partial charge in [0.25, 0.3) is 0 Å². The Labute approximate surface area is 127 Å². The van der Waals surface area contributed by atoms with Gasteiger partial charge in [-0.15, -0.1) is 0 Å². The molecule has 1 heterocycles. The Morgan fingerprint density at radius 3 is 2.81 bits per heavy atom. The van der Waals surface area contributed by atoms with E-state index in [2.05, 4.69) is 33.8 Å². The van der Waals surface area contributed by atoms with Crippen molar-refractivity contribution in [3.63, 3.8) is 0 Å². The van der Waals surface area contributed by atoms with Crippen LogP contribution >= 0.6 is 0 Å². The van der Waals surface area contributed by atoms with E-state index in [1.165, 1.54) is 24.0 Å². The number of carbonyl (C=O) groups excluding carboxylic acids is 1. The van der Waals surface area contributed by atoms with Crippen LogP contribution in [0.3, 0.4) is 0 Å². The molecule has 0 spiro atoms. The Bertz CT molecular complexity index is 570. The van der Waals surface area contributed by atoms with Crippen LogP contribution in [0.5, 0.6) is 0 Å². The van der Waals surface area contributed by atoms with Crippen LogP contribution in [0.1, 0.15) is 53.4 Å². The predicted octanol–water partition coefficient (Wildman–Crippen LogP) is 4.27. The second-order valence-corrected chi connectivity index (χ2v) is 8.25. The zero-order valence-electron chi connectivity index (χ0n) is 13.6. The summed E-state index contributed by atoms with van der Waals surface area (Å²) in [6.45, 7) is 9.18. The fourth-order valence-electron chi connectivity index (χ4n) is 5.70. The lowest BCUT2D eigenvalue weighted by Gasteiger charge is -2.37. The molecule has 1 fully saturated rings. The maximum Gasteiger partial charge on any atom is 0.335 e. The lowest BCUT2D eigenvalue weighted by atomic mass is 9.68. The van der Waals surface area contributed by atoms with E-state index in [9.17, 15) is 4.79 Å². The summed E-state index contributed by atoms with van der Waals surface area (Å²) in [5, 5.41) is 0. The molecule has 0 aromatic carbocycles. The molecule has 0 saturated heterocycles. The number of hydrogen-bond acceptors (Lipinski definition) is 2. The molecule has 0 N–H and O–H groups in total. The van der Waals surface area contributed by atoms with E-state index in [4.69, 9.17) is 4.74 Å². The van der Waals surface area contributed by atoms with Crippen LogP contribution in [0.2, 0.25) is 0 Å². The van der Waals surface area contributed by atoms with Gasteiger partial charge in [-0.05, 0) is 61.9 Å². The van der Waals surface area contributed by atoms with Crippen molar-refractivity contribution in [2.24, 2.45) is 29.1 Å². The van der Waals surface area contributed by atoms with Gasteiger partial charge in [-0.1, -0.05) is 32.4 Å². The van der Waals surface area contributed by atoms with Crippen molar-refractivity contribution in [1.29, 1.82) is 0 Å². The van der Waals surface area contributed by atoms with E-state index in [-0.39, 0.29) is 17.5 Å². The fourth-order valence-corrected chi connectivity index (χ4v) is 5.70. The molecule has 0 radical (unpaired) electrons. The highest BCUT2D eigenvalue weighted by atomic mass is 16.5. The molecule has 1 aliphatic heterocycles. The molecule has 1 saturated carbocycles. The third kappa shape index (κ3) is 1.68. The van der Waals surface area contributed by atoms with E-state index >= 15 is 0 Å². The van der Waals surface area contributed by atoms with Crippen LogP contribution in [-0.2, 0) is 9.53 Å². The summed E-state index contributed by atoms with van der Waals surface area (Å²) in [5.74, 6) is 2.18.